The predicted molar refractivity (Wildman–Crippen MR) is 93.6 cm³/mol. The second kappa shape index (κ2) is 6.62. The molecule has 0 aliphatic carbocycles. The Morgan fingerprint density at radius 1 is 1.38 bits per heavy atom. The summed E-state index contributed by atoms with van der Waals surface area (Å²) in [4.78, 5) is 4.59. The first-order chi connectivity index (χ1) is 10.2. The Kier molecular flexibility index (Phi) is 4.81. The lowest BCUT2D eigenvalue weighted by Crippen LogP contribution is -2.19. The van der Waals surface area contributed by atoms with Crippen LogP contribution in [-0.4, -0.2) is 26.9 Å². The van der Waals surface area contributed by atoms with E-state index in [1.54, 1.807) is 0 Å². The number of hydrogen-bond acceptors (Lipinski definition) is 6. The maximum Gasteiger partial charge on any atom is 0.258 e. The first-order valence-corrected chi connectivity index (χ1v) is 9.70. The lowest BCUT2D eigenvalue weighted by molar-refractivity contribution is 0.421. The van der Waals surface area contributed by atoms with E-state index in [1.807, 2.05) is 41.7 Å². The van der Waals surface area contributed by atoms with Gasteiger partial charge in [-0.15, -0.1) is 11.8 Å². The molecule has 0 amide bonds. The molecule has 0 spiro atoms. The van der Waals surface area contributed by atoms with E-state index in [9.17, 15) is 0 Å². The van der Waals surface area contributed by atoms with Crippen molar-refractivity contribution in [2.24, 2.45) is 0 Å². The van der Waals surface area contributed by atoms with Gasteiger partial charge in [0.1, 0.15) is 0 Å². The first-order valence-electron chi connectivity index (χ1n) is 6.81. The summed E-state index contributed by atoms with van der Waals surface area (Å²) in [6, 6.07) is 5.67. The summed E-state index contributed by atoms with van der Waals surface area (Å²) in [6.45, 7) is 2.22. The molecule has 4 nitrogen and oxygen atoms in total. The van der Waals surface area contributed by atoms with Crippen LogP contribution in [0.3, 0.4) is 0 Å². The van der Waals surface area contributed by atoms with Crippen LogP contribution in [0, 0.1) is 0 Å². The highest BCUT2D eigenvalue weighted by Crippen LogP contribution is 2.43. The van der Waals surface area contributed by atoms with E-state index in [1.165, 1.54) is 5.75 Å². The highest BCUT2D eigenvalue weighted by Gasteiger charge is 2.30. The van der Waals surface area contributed by atoms with Crippen molar-refractivity contribution in [3.05, 3.63) is 28.5 Å². The minimum Gasteiger partial charge on any atom is -0.398 e. The number of thioether (sulfide) groups is 2. The van der Waals surface area contributed by atoms with Gasteiger partial charge < -0.3 is 10.3 Å². The van der Waals surface area contributed by atoms with E-state index in [4.69, 9.17) is 10.3 Å². The van der Waals surface area contributed by atoms with Crippen molar-refractivity contribution < 1.29 is 4.52 Å². The normalized spacial score (nSPS) is 22.4. The summed E-state index contributed by atoms with van der Waals surface area (Å²) in [5.74, 6) is 3.68. The molecule has 2 heterocycles. The Hall–Kier alpha value is -0.660. The second-order valence-electron chi connectivity index (χ2n) is 4.80. The molecular weight excluding hydrogens is 370 g/mol. The minimum absolute atomic E-state index is 0.319. The van der Waals surface area contributed by atoms with Crippen LogP contribution in [0.5, 0.6) is 0 Å². The van der Waals surface area contributed by atoms with E-state index in [0.717, 1.165) is 28.0 Å². The molecule has 2 aromatic rings. The summed E-state index contributed by atoms with van der Waals surface area (Å²) in [5, 5.41) is 5.07. The lowest BCUT2D eigenvalue weighted by atomic mass is 10.2. The van der Waals surface area contributed by atoms with Gasteiger partial charge in [0.25, 0.3) is 5.89 Å². The van der Waals surface area contributed by atoms with E-state index in [0.29, 0.717) is 22.1 Å². The number of nitrogens with zero attached hydrogens (tertiary/aromatic N) is 2. The summed E-state index contributed by atoms with van der Waals surface area (Å²) in [7, 11) is 0. The van der Waals surface area contributed by atoms with Crippen LogP contribution in [0.1, 0.15) is 24.4 Å². The maximum atomic E-state index is 5.91. The highest BCUT2D eigenvalue weighted by molar-refractivity contribution is 9.10. The van der Waals surface area contributed by atoms with Crippen LogP contribution in [0.15, 0.2) is 27.2 Å². The Labute approximate surface area is 140 Å². The van der Waals surface area contributed by atoms with Gasteiger partial charge in [-0.25, -0.2) is 0 Å². The zero-order valence-corrected chi connectivity index (χ0v) is 14.8. The highest BCUT2D eigenvalue weighted by atomic mass is 79.9. The maximum absolute atomic E-state index is 5.91. The Morgan fingerprint density at radius 3 is 2.95 bits per heavy atom. The molecule has 3 rings (SSSR count). The Balaban J connectivity index is 1.86. The topological polar surface area (TPSA) is 64.9 Å². The third-order valence-electron chi connectivity index (χ3n) is 3.39. The van der Waals surface area contributed by atoms with Crippen LogP contribution in [-0.2, 0) is 0 Å². The van der Waals surface area contributed by atoms with Crippen LogP contribution >= 0.6 is 39.5 Å². The molecule has 2 unspecified atom stereocenters. The lowest BCUT2D eigenvalue weighted by Gasteiger charge is -2.27. The Bertz CT molecular complexity index is 634. The molecule has 1 aromatic heterocycles. The molecule has 7 heteroatoms. The number of nitrogen functional groups attached to an aromatic ring is 1. The number of aromatic nitrogens is 2. The zero-order chi connectivity index (χ0) is 14.8. The summed E-state index contributed by atoms with van der Waals surface area (Å²) < 4.78 is 6.31. The second-order valence-corrected chi connectivity index (χ2v) is 8.25. The molecule has 2 N–H and O–H groups in total. The number of anilines is 1. The van der Waals surface area contributed by atoms with Crippen molar-refractivity contribution in [2.75, 3.05) is 17.2 Å². The molecule has 21 heavy (non-hydrogen) atoms. The zero-order valence-electron chi connectivity index (χ0n) is 11.6. The van der Waals surface area contributed by atoms with E-state index < -0.39 is 0 Å². The molecule has 0 bridgehead atoms. The van der Waals surface area contributed by atoms with E-state index in [2.05, 4.69) is 33.0 Å². The van der Waals surface area contributed by atoms with Crippen LogP contribution in [0.2, 0.25) is 0 Å². The smallest absolute Gasteiger partial charge is 0.258 e. The van der Waals surface area contributed by atoms with Crippen LogP contribution in [0.25, 0.3) is 11.5 Å². The van der Waals surface area contributed by atoms with Gasteiger partial charge in [-0.05, 0) is 40.5 Å². The third-order valence-corrected chi connectivity index (χ3v) is 7.36. The van der Waals surface area contributed by atoms with Gasteiger partial charge in [0.05, 0.1) is 5.25 Å². The van der Waals surface area contributed by atoms with Crippen LogP contribution in [0.4, 0.5) is 5.69 Å². The van der Waals surface area contributed by atoms with Crippen molar-refractivity contribution in [3.8, 4) is 11.5 Å². The van der Waals surface area contributed by atoms with Crippen molar-refractivity contribution in [1.29, 1.82) is 0 Å². The molecule has 0 radical (unpaired) electrons. The Morgan fingerprint density at radius 2 is 2.19 bits per heavy atom. The van der Waals surface area contributed by atoms with Gasteiger partial charge in [0, 0.05) is 32.5 Å². The fourth-order valence-corrected chi connectivity index (χ4v) is 5.52. The quantitative estimate of drug-likeness (QED) is 0.790. The summed E-state index contributed by atoms with van der Waals surface area (Å²) in [5.41, 5.74) is 7.43. The van der Waals surface area contributed by atoms with Crippen molar-refractivity contribution >= 4 is 45.1 Å². The van der Waals surface area contributed by atoms with Crippen molar-refractivity contribution in [3.63, 3.8) is 0 Å². The molecule has 1 aliphatic rings. The average molecular weight is 386 g/mol. The van der Waals surface area contributed by atoms with Crippen molar-refractivity contribution in [1.82, 2.24) is 10.1 Å². The molecule has 1 aliphatic heterocycles. The molecule has 1 fully saturated rings. The third kappa shape index (κ3) is 3.24. The molecule has 0 saturated carbocycles. The SMILES string of the molecule is CCC1SCCSC1c1noc(-c2ccc(Br)c(N)c2)n1. The monoisotopic (exact) mass is 385 g/mol. The van der Waals surface area contributed by atoms with Gasteiger partial charge in [-0.1, -0.05) is 12.1 Å². The molecule has 1 aromatic carbocycles. The number of nitrogens with two attached hydrogens (primary N) is 1. The minimum atomic E-state index is 0.319. The van der Waals surface area contributed by atoms with Crippen LogP contribution < -0.4 is 5.73 Å². The fraction of sp³-hybridized carbons (Fsp3) is 0.429. The predicted octanol–water partition coefficient (Wildman–Crippen LogP) is 4.38. The number of hydrogen-bond donors (Lipinski definition) is 1. The van der Waals surface area contributed by atoms with Gasteiger partial charge in [-0.3, -0.25) is 0 Å². The largest absolute Gasteiger partial charge is 0.398 e. The molecule has 1 saturated heterocycles. The van der Waals surface area contributed by atoms with E-state index in [-0.39, 0.29) is 0 Å². The summed E-state index contributed by atoms with van der Waals surface area (Å²) >= 11 is 7.32. The van der Waals surface area contributed by atoms with Gasteiger partial charge in [-0.2, -0.15) is 16.7 Å². The fourth-order valence-electron chi connectivity index (χ4n) is 2.29. The van der Waals surface area contributed by atoms with E-state index >= 15 is 0 Å². The summed E-state index contributed by atoms with van der Waals surface area (Å²) in [6.07, 6.45) is 1.12. The number of rotatable bonds is 3. The molecular formula is C14H16BrN3OS2. The van der Waals surface area contributed by atoms with Crippen molar-refractivity contribution in [2.45, 2.75) is 23.8 Å². The average Bonchev–Trinajstić information content (AvgIpc) is 2.99. The number of benzene rings is 1. The van der Waals surface area contributed by atoms with Gasteiger partial charge in [0.15, 0.2) is 5.82 Å². The standard InChI is InChI=1S/C14H16BrN3OS2/c1-2-11-12(21-6-5-20-11)13-17-14(19-18-13)8-3-4-9(15)10(16)7-8/h3-4,7,11-12H,2,5-6,16H2,1H3. The number of halogens is 1. The molecule has 2 atom stereocenters. The molecule has 112 valence electrons. The first kappa shape index (κ1) is 15.2. The van der Waals surface area contributed by atoms with Gasteiger partial charge >= 0.3 is 0 Å². The van der Waals surface area contributed by atoms with Gasteiger partial charge in [0.2, 0.25) is 0 Å².